The van der Waals surface area contributed by atoms with Crippen molar-refractivity contribution < 1.29 is 4.79 Å². The van der Waals surface area contributed by atoms with Gasteiger partial charge in [0.1, 0.15) is 0 Å². The highest BCUT2D eigenvalue weighted by Crippen LogP contribution is 2.29. The number of aromatic nitrogens is 2. The van der Waals surface area contributed by atoms with Crippen LogP contribution in [0.25, 0.3) is 0 Å². The van der Waals surface area contributed by atoms with Crippen LogP contribution in [0.4, 0.5) is 5.13 Å². The van der Waals surface area contributed by atoms with E-state index in [-0.39, 0.29) is 11.8 Å². The molecule has 0 saturated carbocycles. The topological polar surface area (TPSA) is 54.9 Å². The number of nitrogens with one attached hydrogen (secondary N) is 1. The summed E-state index contributed by atoms with van der Waals surface area (Å²) in [4.78, 5) is 12.3. The Kier molecular flexibility index (Phi) is 8.02. The van der Waals surface area contributed by atoms with E-state index < -0.39 is 0 Å². The van der Waals surface area contributed by atoms with Crippen molar-refractivity contribution in [1.29, 1.82) is 0 Å². The number of hydrogen-bond donors (Lipinski definition) is 1. The number of carbonyl (C=O) groups excluding carboxylic acids is 1. The molecule has 0 spiro atoms. The van der Waals surface area contributed by atoms with Crippen LogP contribution in [-0.4, -0.2) is 16.1 Å². The summed E-state index contributed by atoms with van der Waals surface area (Å²) in [5.41, 5.74) is 1.14. The minimum atomic E-state index is 0.0495. The Morgan fingerprint density at radius 1 is 1.38 bits per heavy atom. The van der Waals surface area contributed by atoms with Crippen LogP contribution in [0, 0.1) is 5.92 Å². The molecule has 2 aromatic rings. The van der Waals surface area contributed by atoms with Crippen LogP contribution >= 0.6 is 34.7 Å². The Bertz CT molecular complexity index is 663. The Labute approximate surface area is 156 Å². The van der Waals surface area contributed by atoms with Gasteiger partial charge in [0.2, 0.25) is 11.0 Å². The molecule has 1 N–H and O–H groups in total. The van der Waals surface area contributed by atoms with Gasteiger partial charge < -0.3 is 5.32 Å². The van der Waals surface area contributed by atoms with Crippen molar-refractivity contribution in [3.63, 3.8) is 0 Å². The number of carbonyl (C=O) groups is 1. The summed E-state index contributed by atoms with van der Waals surface area (Å²) in [5.74, 6) is 0.877. The highest BCUT2D eigenvalue weighted by atomic mass is 35.5. The second-order valence-corrected chi connectivity index (χ2v) is 8.16. The molecule has 1 aromatic carbocycles. The molecule has 1 amide bonds. The summed E-state index contributed by atoms with van der Waals surface area (Å²) >= 11 is 8.99. The molecule has 0 saturated heterocycles. The molecule has 7 heteroatoms. The SMILES string of the molecule is CCCC[C@H](CC)C(=O)Nc1nnc(SCc2cccc(Cl)c2)s1. The first-order valence-corrected chi connectivity index (χ1v) is 10.3. The molecular weight excluding hydrogens is 362 g/mol. The zero-order valence-corrected chi connectivity index (χ0v) is 16.3. The van der Waals surface area contributed by atoms with E-state index in [1.165, 1.54) is 11.3 Å². The quantitative estimate of drug-likeness (QED) is 0.449. The molecule has 0 radical (unpaired) electrons. The summed E-state index contributed by atoms with van der Waals surface area (Å²) in [7, 11) is 0. The lowest BCUT2D eigenvalue weighted by molar-refractivity contribution is -0.120. The molecule has 1 heterocycles. The zero-order valence-electron chi connectivity index (χ0n) is 13.9. The van der Waals surface area contributed by atoms with E-state index in [0.717, 1.165) is 46.4 Å². The number of halogens is 1. The Morgan fingerprint density at radius 3 is 2.92 bits per heavy atom. The summed E-state index contributed by atoms with van der Waals surface area (Å²) in [6.07, 6.45) is 3.95. The standard InChI is InChI=1S/C17H22ClN3OS2/c1-3-5-8-13(4-2)15(22)19-16-20-21-17(24-16)23-11-12-7-6-9-14(18)10-12/h6-7,9-10,13H,3-5,8,11H2,1-2H3,(H,19,20,22)/t13-/m0/s1. The first-order valence-electron chi connectivity index (χ1n) is 8.14. The summed E-state index contributed by atoms with van der Waals surface area (Å²) in [6, 6.07) is 7.77. The maximum Gasteiger partial charge on any atom is 0.229 e. The van der Waals surface area contributed by atoms with Crippen LogP contribution < -0.4 is 5.32 Å². The molecule has 4 nitrogen and oxygen atoms in total. The lowest BCUT2D eigenvalue weighted by atomic mass is 9.99. The molecule has 130 valence electrons. The van der Waals surface area contributed by atoms with Crippen molar-refractivity contribution in [1.82, 2.24) is 10.2 Å². The molecule has 2 rings (SSSR count). The number of unbranched alkanes of at least 4 members (excludes halogenated alkanes) is 1. The summed E-state index contributed by atoms with van der Waals surface area (Å²) in [5, 5.41) is 12.4. The fraction of sp³-hybridized carbons (Fsp3) is 0.471. The monoisotopic (exact) mass is 383 g/mol. The van der Waals surface area contributed by atoms with Crippen LogP contribution in [0.3, 0.4) is 0 Å². The number of anilines is 1. The van der Waals surface area contributed by atoms with Crippen LogP contribution in [0.2, 0.25) is 5.02 Å². The number of rotatable bonds is 9. The molecule has 1 aromatic heterocycles. The van der Waals surface area contributed by atoms with Crippen molar-refractivity contribution in [3.8, 4) is 0 Å². The molecule has 0 aliphatic heterocycles. The fourth-order valence-corrected chi connectivity index (χ4v) is 4.18. The Hall–Kier alpha value is -1.11. The van der Waals surface area contributed by atoms with Crippen molar-refractivity contribution >= 4 is 45.7 Å². The van der Waals surface area contributed by atoms with Crippen molar-refractivity contribution in [2.24, 2.45) is 5.92 Å². The second-order valence-electron chi connectivity index (χ2n) is 5.53. The largest absolute Gasteiger partial charge is 0.300 e. The minimum absolute atomic E-state index is 0.0495. The van der Waals surface area contributed by atoms with Gasteiger partial charge in [0.15, 0.2) is 4.34 Å². The van der Waals surface area contributed by atoms with E-state index in [2.05, 4.69) is 22.4 Å². The highest BCUT2D eigenvalue weighted by molar-refractivity contribution is 8.00. The Morgan fingerprint density at radius 2 is 2.21 bits per heavy atom. The molecule has 24 heavy (non-hydrogen) atoms. The van der Waals surface area contributed by atoms with Gasteiger partial charge in [-0.1, -0.05) is 73.5 Å². The molecule has 0 aliphatic rings. The van der Waals surface area contributed by atoms with Gasteiger partial charge in [-0.15, -0.1) is 10.2 Å². The van der Waals surface area contributed by atoms with E-state index in [1.807, 2.05) is 31.2 Å². The van der Waals surface area contributed by atoms with Gasteiger partial charge in [0.05, 0.1) is 0 Å². The third-order valence-electron chi connectivity index (χ3n) is 3.66. The maximum absolute atomic E-state index is 12.3. The maximum atomic E-state index is 12.3. The molecule has 0 unspecified atom stereocenters. The number of amides is 1. The van der Waals surface area contributed by atoms with Gasteiger partial charge in [-0.3, -0.25) is 4.79 Å². The normalized spacial score (nSPS) is 12.1. The molecule has 1 atom stereocenters. The predicted molar refractivity (Wildman–Crippen MR) is 103 cm³/mol. The van der Waals surface area contributed by atoms with Crippen LogP contribution in [0.15, 0.2) is 28.6 Å². The van der Waals surface area contributed by atoms with Crippen molar-refractivity contribution in [3.05, 3.63) is 34.9 Å². The van der Waals surface area contributed by atoms with Crippen molar-refractivity contribution in [2.75, 3.05) is 5.32 Å². The van der Waals surface area contributed by atoms with Gasteiger partial charge >= 0.3 is 0 Å². The third kappa shape index (κ3) is 6.07. The van der Waals surface area contributed by atoms with Crippen LogP contribution in [-0.2, 0) is 10.5 Å². The van der Waals surface area contributed by atoms with Crippen molar-refractivity contribution in [2.45, 2.75) is 49.6 Å². The lowest BCUT2D eigenvalue weighted by Gasteiger charge is -2.12. The van der Waals surface area contributed by atoms with E-state index in [0.29, 0.717) is 5.13 Å². The molecule has 0 aliphatic carbocycles. The molecule has 0 fully saturated rings. The second kappa shape index (κ2) is 10.0. The van der Waals surface area contributed by atoms with E-state index >= 15 is 0 Å². The third-order valence-corrected chi connectivity index (χ3v) is 5.94. The Balaban J connectivity index is 1.87. The number of nitrogens with zero attached hydrogens (tertiary/aromatic N) is 2. The average molecular weight is 384 g/mol. The smallest absolute Gasteiger partial charge is 0.229 e. The number of thioether (sulfide) groups is 1. The highest BCUT2D eigenvalue weighted by Gasteiger charge is 2.17. The summed E-state index contributed by atoms with van der Waals surface area (Å²) in [6.45, 7) is 4.19. The van der Waals surface area contributed by atoms with E-state index in [9.17, 15) is 4.79 Å². The number of benzene rings is 1. The first-order chi connectivity index (χ1) is 11.6. The average Bonchev–Trinajstić information content (AvgIpc) is 3.01. The zero-order chi connectivity index (χ0) is 17.4. The first kappa shape index (κ1) is 19.2. The molecule has 0 bridgehead atoms. The van der Waals surface area contributed by atoms with Gasteiger partial charge in [-0.2, -0.15) is 0 Å². The number of hydrogen-bond acceptors (Lipinski definition) is 5. The summed E-state index contributed by atoms with van der Waals surface area (Å²) < 4.78 is 0.840. The predicted octanol–water partition coefficient (Wildman–Crippen LogP) is 5.64. The van der Waals surface area contributed by atoms with Crippen LogP contribution in [0.1, 0.15) is 45.1 Å². The van der Waals surface area contributed by atoms with Gasteiger partial charge in [0.25, 0.3) is 0 Å². The molecular formula is C17H22ClN3OS2. The minimum Gasteiger partial charge on any atom is -0.300 e. The lowest BCUT2D eigenvalue weighted by Crippen LogP contribution is -2.22. The van der Waals surface area contributed by atoms with Gasteiger partial charge in [-0.25, -0.2) is 0 Å². The van der Waals surface area contributed by atoms with Gasteiger partial charge in [-0.05, 0) is 30.5 Å². The van der Waals surface area contributed by atoms with Crippen LogP contribution in [0.5, 0.6) is 0 Å². The van der Waals surface area contributed by atoms with E-state index in [1.54, 1.807) is 11.8 Å². The van der Waals surface area contributed by atoms with E-state index in [4.69, 9.17) is 11.6 Å². The fourth-order valence-electron chi connectivity index (χ4n) is 2.27. The van der Waals surface area contributed by atoms with Gasteiger partial charge in [0, 0.05) is 16.7 Å².